The molecule has 0 aromatic carbocycles. The topological polar surface area (TPSA) is 52.1 Å². The number of fused-ring (bicyclic) bond motifs is 1. The highest BCUT2D eigenvalue weighted by atomic mass is 16.5. The van der Waals surface area contributed by atoms with Gasteiger partial charge in [-0.2, -0.15) is 0 Å². The summed E-state index contributed by atoms with van der Waals surface area (Å²) in [5.74, 6) is 0.690. The van der Waals surface area contributed by atoms with E-state index in [1.54, 1.807) is 13.1 Å². The highest BCUT2D eigenvalue weighted by Crippen LogP contribution is 2.34. The molecule has 4 heteroatoms. The molecule has 0 bridgehead atoms. The predicted molar refractivity (Wildman–Crippen MR) is 81.0 cm³/mol. The Kier molecular flexibility index (Phi) is 4.25. The molecule has 1 saturated carbocycles. The van der Waals surface area contributed by atoms with E-state index in [-0.39, 0.29) is 12.2 Å². The van der Waals surface area contributed by atoms with Gasteiger partial charge in [-0.3, -0.25) is 0 Å². The monoisotopic (exact) mass is 284 g/mol. The Labute approximate surface area is 124 Å². The number of rotatable bonds is 6. The minimum Gasteiger partial charge on any atom is -0.368 e. The van der Waals surface area contributed by atoms with Crippen LogP contribution in [-0.4, -0.2) is 28.5 Å². The number of pyridine rings is 2. The summed E-state index contributed by atoms with van der Waals surface area (Å²) in [6, 6.07) is 8.13. The summed E-state index contributed by atoms with van der Waals surface area (Å²) in [7, 11) is 0. The molecule has 2 heterocycles. The van der Waals surface area contributed by atoms with E-state index in [4.69, 9.17) is 4.74 Å². The van der Waals surface area contributed by atoms with Crippen molar-refractivity contribution in [1.82, 2.24) is 9.97 Å². The van der Waals surface area contributed by atoms with Gasteiger partial charge in [0.25, 0.3) is 0 Å². The van der Waals surface area contributed by atoms with Gasteiger partial charge in [0.1, 0.15) is 12.4 Å². The molecule has 1 atom stereocenters. The first-order valence-electron chi connectivity index (χ1n) is 7.56. The van der Waals surface area contributed by atoms with E-state index in [2.05, 4.69) is 22.1 Å². The van der Waals surface area contributed by atoms with Gasteiger partial charge >= 0.3 is 0 Å². The molecule has 0 aliphatic heterocycles. The summed E-state index contributed by atoms with van der Waals surface area (Å²) in [6.45, 7) is 1.80. The lowest BCUT2D eigenvalue weighted by molar-refractivity contribution is -0.127. The summed E-state index contributed by atoms with van der Waals surface area (Å²) >= 11 is 0. The first kappa shape index (κ1) is 14.1. The Morgan fingerprint density at radius 3 is 3.05 bits per heavy atom. The minimum atomic E-state index is -0.274. The SMILES string of the molecule is CC(C=O)OC1CC(CCc2ccc3cccnc3n2)C1. The maximum atomic E-state index is 10.5. The molecule has 0 radical (unpaired) electrons. The summed E-state index contributed by atoms with van der Waals surface area (Å²) in [4.78, 5) is 19.4. The third-order valence-electron chi connectivity index (χ3n) is 4.12. The summed E-state index contributed by atoms with van der Waals surface area (Å²) < 4.78 is 5.58. The van der Waals surface area contributed by atoms with Gasteiger partial charge in [-0.15, -0.1) is 0 Å². The molecule has 110 valence electrons. The lowest BCUT2D eigenvalue weighted by Crippen LogP contribution is -2.34. The van der Waals surface area contributed by atoms with E-state index in [0.717, 1.165) is 48.7 Å². The number of aldehydes is 1. The zero-order chi connectivity index (χ0) is 14.7. The molecule has 1 aliphatic carbocycles. The Hall–Kier alpha value is -1.81. The molecule has 1 unspecified atom stereocenters. The Morgan fingerprint density at radius 2 is 2.24 bits per heavy atom. The van der Waals surface area contributed by atoms with Gasteiger partial charge in [0.05, 0.1) is 6.10 Å². The van der Waals surface area contributed by atoms with Gasteiger partial charge in [-0.1, -0.05) is 0 Å². The van der Waals surface area contributed by atoms with Gasteiger partial charge in [0, 0.05) is 17.3 Å². The van der Waals surface area contributed by atoms with Crippen LogP contribution in [0, 0.1) is 5.92 Å². The second-order valence-corrected chi connectivity index (χ2v) is 5.83. The van der Waals surface area contributed by atoms with Crippen molar-refractivity contribution in [3.05, 3.63) is 36.2 Å². The lowest BCUT2D eigenvalue weighted by atomic mass is 9.79. The standard InChI is InChI=1S/C17H20N2O2/c1-12(11-20)21-16-9-13(10-16)4-6-15-7-5-14-3-2-8-18-17(14)19-15/h2-3,5,7-8,11-13,16H,4,6,9-10H2,1H3. The normalized spacial score (nSPS) is 22.7. The largest absolute Gasteiger partial charge is 0.368 e. The van der Waals surface area contributed by atoms with E-state index in [9.17, 15) is 4.79 Å². The van der Waals surface area contributed by atoms with Crippen LogP contribution in [0.5, 0.6) is 0 Å². The predicted octanol–water partition coefficient (Wildman–Crippen LogP) is 2.95. The van der Waals surface area contributed by atoms with Crippen LogP contribution < -0.4 is 0 Å². The Morgan fingerprint density at radius 1 is 1.38 bits per heavy atom. The van der Waals surface area contributed by atoms with Gasteiger partial charge < -0.3 is 9.53 Å². The molecule has 0 amide bonds. The molecular formula is C17H20N2O2. The number of ether oxygens (including phenoxy) is 1. The maximum Gasteiger partial charge on any atom is 0.159 e. The number of nitrogens with zero attached hydrogens (tertiary/aromatic N) is 2. The molecule has 2 aromatic heterocycles. The number of aryl methyl sites for hydroxylation is 1. The van der Waals surface area contributed by atoms with Gasteiger partial charge in [0.2, 0.25) is 0 Å². The number of carbonyl (C=O) groups is 1. The van der Waals surface area contributed by atoms with Crippen LogP contribution in [0.1, 0.15) is 31.9 Å². The number of hydrogen-bond acceptors (Lipinski definition) is 4. The quantitative estimate of drug-likeness (QED) is 0.765. The maximum absolute atomic E-state index is 10.5. The summed E-state index contributed by atoms with van der Waals surface area (Å²) in [5, 5.41) is 1.08. The van der Waals surface area contributed by atoms with Crippen LogP contribution in [0.15, 0.2) is 30.5 Å². The van der Waals surface area contributed by atoms with Crippen LogP contribution in [-0.2, 0) is 16.0 Å². The van der Waals surface area contributed by atoms with E-state index in [0.29, 0.717) is 5.92 Å². The first-order valence-corrected chi connectivity index (χ1v) is 7.56. The van der Waals surface area contributed by atoms with Gasteiger partial charge in [-0.25, -0.2) is 9.97 Å². The smallest absolute Gasteiger partial charge is 0.159 e. The number of hydrogen-bond donors (Lipinski definition) is 0. The van der Waals surface area contributed by atoms with Gasteiger partial charge in [0.15, 0.2) is 5.65 Å². The third-order valence-corrected chi connectivity index (χ3v) is 4.12. The van der Waals surface area contributed by atoms with Crippen LogP contribution in [0.3, 0.4) is 0 Å². The lowest BCUT2D eigenvalue weighted by Gasteiger charge is -2.36. The molecule has 1 aliphatic rings. The molecule has 2 aromatic rings. The van der Waals surface area contributed by atoms with Crippen molar-refractivity contribution in [2.24, 2.45) is 5.92 Å². The molecule has 0 spiro atoms. The highest BCUT2D eigenvalue weighted by Gasteiger charge is 2.30. The van der Waals surface area contributed by atoms with Crippen LogP contribution in [0.25, 0.3) is 11.0 Å². The van der Waals surface area contributed by atoms with Crippen molar-refractivity contribution in [2.45, 2.75) is 44.8 Å². The van der Waals surface area contributed by atoms with Crippen molar-refractivity contribution in [1.29, 1.82) is 0 Å². The minimum absolute atomic E-state index is 0.265. The molecule has 4 nitrogen and oxygen atoms in total. The average molecular weight is 284 g/mol. The fourth-order valence-corrected chi connectivity index (χ4v) is 2.84. The molecular weight excluding hydrogens is 264 g/mol. The zero-order valence-electron chi connectivity index (χ0n) is 12.2. The molecule has 0 N–H and O–H groups in total. The van der Waals surface area contributed by atoms with E-state index in [1.165, 1.54) is 0 Å². The Bertz CT molecular complexity index is 623. The van der Waals surface area contributed by atoms with Crippen molar-refractivity contribution < 1.29 is 9.53 Å². The zero-order valence-corrected chi connectivity index (χ0v) is 12.2. The van der Waals surface area contributed by atoms with Gasteiger partial charge in [-0.05, 0) is 62.8 Å². The van der Waals surface area contributed by atoms with Crippen LogP contribution in [0.2, 0.25) is 0 Å². The Balaban J connectivity index is 1.48. The van der Waals surface area contributed by atoms with Crippen molar-refractivity contribution >= 4 is 17.3 Å². The summed E-state index contributed by atoms with van der Waals surface area (Å²) in [6.07, 6.45) is 6.85. The first-order chi connectivity index (χ1) is 10.2. The second-order valence-electron chi connectivity index (χ2n) is 5.83. The highest BCUT2D eigenvalue weighted by molar-refractivity contribution is 5.74. The number of carbonyl (C=O) groups excluding carboxylic acids is 1. The number of aromatic nitrogens is 2. The second kappa shape index (κ2) is 6.31. The van der Waals surface area contributed by atoms with Crippen molar-refractivity contribution in [3.8, 4) is 0 Å². The summed E-state index contributed by atoms with van der Waals surface area (Å²) in [5.41, 5.74) is 1.93. The van der Waals surface area contributed by atoms with E-state index < -0.39 is 0 Å². The van der Waals surface area contributed by atoms with E-state index in [1.807, 2.05) is 12.1 Å². The van der Waals surface area contributed by atoms with E-state index >= 15 is 0 Å². The molecule has 0 saturated heterocycles. The fraction of sp³-hybridized carbons (Fsp3) is 0.471. The van der Waals surface area contributed by atoms with Crippen molar-refractivity contribution in [3.63, 3.8) is 0 Å². The van der Waals surface area contributed by atoms with Crippen LogP contribution >= 0.6 is 0 Å². The average Bonchev–Trinajstić information content (AvgIpc) is 2.48. The molecule has 3 rings (SSSR count). The van der Waals surface area contributed by atoms with Crippen LogP contribution in [0.4, 0.5) is 0 Å². The fourth-order valence-electron chi connectivity index (χ4n) is 2.84. The van der Waals surface area contributed by atoms with Crippen molar-refractivity contribution in [2.75, 3.05) is 0 Å². The third kappa shape index (κ3) is 3.45. The molecule has 21 heavy (non-hydrogen) atoms. The molecule has 1 fully saturated rings.